The number of nitrogens with one attached hydrogen (secondary N) is 1. The van der Waals surface area contributed by atoms with Gasteiger partial charge in [0.1, 0.15) is 11.4 Å². The van der Waals surface area contributed by atoms with Crippen molar-refractivity contribution in [1.29, 1.82) is 0 Å². The Bertz CT molecular complexity index is 940. The molecule has 0 saturated heterocycles. The first kappa shape index (κ1) is 35.0. The Kier molecular flexibility index (Phi) is 15.1. The molecule has 41 heavy (non-hydrogen) atoms. The lowest BCUT2D eigenvalue weighted by atomic mass is 9.76. The molecule has 1 aliphatic heterocycles. The molecule has 1 amide bonds. The molecule has 0 bridgehead atoms. The number of hydrogen-bond donors (Lipinski definition) is 2. The Hall–Kier alpha value is -2.21. The fourth-order valence-corrected chi connectivity index (χ4v) is 6.55. The molecule has 1 aliphatic carbocycles. The summed E-state index contributed by atoms with van der Waals surface area (Å²) in [6.45, 7) is 15.7. The molecule has 0 radical (unpaired) electrons. The van der Waals surface area contributed by atoms with E-state index in [1.807, 2.05) is 19.9 Å². The standard InChI is InChI=1S/C35H59N3O3/c1-8-11-12-13-17-29(10-3)25-32-34(41)38(35(37-32)22-19-30(20-23-35)26(4)5)27(6)16-14-18-31(15-9-2)28(7)36-24-21-33(39)40/h9,14-16,18,26-30,36H,8,10-13,17,19-25H2,1-7H3,(H,39,40)/b15-9-,16-14+,31-18+. The first-order valence-electron chi connectivity index (χ1n) is 16.5. The van der Waals surface area contributed by atoms with Crippen molar-refractivity contribution < 1.29 is 14.7 Å². The summed E-state index contributed by atoms with van der Waals surface area (Å²) in [7, 11) is 0. The number of nitrogens with zero attached hydrogens (tertiary/aromatic N) is 2. The van der Waals surface area contributed by atoms with Crippen LogP contribution in [0.25, 0.3) is 0 Å². The van der Waals surface area contributed by atoms with Crippen LogP contribution in [0.15, 0.2) is 40.9 Å². The predicted octanol–water partition coefficient (Wildman–Crippen LogP) is 8.10. The number of hydrogen-bond acceptors (Lipinski definition) is 4. The molecule has 1 fully saturated rings. The zero-order valence-electron chi connectivity index (χ0n) is 27.1. The van der Waals surface area contributed by atoms with Crippen LogP contribution < -0.4 is 5.32 Å². The summed E-state index contributed by atoms with van der Waals surface area (Å²) in [5.41, 5.74) is 1.47. The van der Waals surface area contributed by atoms with Gasteiger partial charge in [-0.05, 0) is 76.2 Å². The molecule has 6 nitrogen and oxygen atoms in total. The van der Waals surface area contributed by atoms with E-state index < -0.39 is 11.6 Å². The molecule has 2 rings (SSSR count). The van der Waals surface area contributed by atoms with E-state index in [2.05, 4.69) is 69.1 Å². The Morgan fingerprint density at radius 3 is 2.44 bits per heavy atom. The smallest absolute Gasteiger partial charge is 0.304 e. The van der Waals surface area contributed by atoms with Gasteiger partial charge in [0.05, 0.1) is 12.5 Å². The molecule has 2 N–H and O–H groups in total. The van der Waals surface area contributed by atoms with Gasteiger partial charge in [-0.2, -0.15) is 0 Å². The summed E-state index contributed by atoms with van der Waals surface area (Å²) in [6, 6.07) is -0.0443. The molecule has 3 atom stereocenters. The summed E-state index contributed by atoms with van der Waals surface area (Å²) in [5.74, 6) is 1.22. The second-order valence-corrected chi connectivity index (χ2v) is 12.7. The van der Waals surface area contributed by atoms with Crippen LogP contribution in [-0.4, -0.2) is 51.9 Å². The van der Waals surface area contributed by atoms with E-state index in [1.165, 1.54) is 32.1 Å². The van der Waals surface area contributed by atoms with Crippen LogP contribution in [0.4, 0.5) is 0 Å². The number of unbranched alkanes of at least 4 members (excludes halogenated alkanes) is 3. The van der Waals surface area contributed by atoms with Crippen molar-refractivity contribution in [3.8, 4) is 0 Å². The number of carbonyl (C=O) groups excluding carboxylic acids is 1. The van der Waals surface area contributed by atoms with E-state index in [0.29, 0.717) is 24.3 Å². The van der Waals surface area contributed by atoms with Crippen molar-refractivity contribution in [3.05, 3.63) is 36.0 Å². The maximum absolute atomic E-state index is 14.0. The Balaban J connectivity index is 2.23. The molecular weight excluding hydrogens is 510 g/mol. The van der Waals surface area contributed by atoms with Gasteiger partial charge in [0.15, 0.2) is 0 Å². The van der Waals surface area contributed by atoms with Gasteiger partial charge in [-0.3, -0.25) is 14.6 Å². The van der Waals surface area contributed by atoms with Crippen LogP contribution in [0.3, 0.4) is 0 Å². The first-order valence-corrected chi connectivity index (χ1v) is 16.5. The van der Waals surface area contributed by atoms with E-state index in [9.17, 15) is 9.59 Å². The highest BCUT2D eigenvalue weighted by molar-refractivity contribution is 6.40. The first-order chi connectivity index (χ1) is 19.6. The number of aliphatic carboxylic acids is 1. The van der Waals surface area contributed by atoms with Gasteiger partial charge in [-0.25, -0.2) is 0 Å². The molecule has 0 aromatic heterocycles. The molecule has 0 aromatic rings. The predicted molar refractivity (Wildman–Crippen MR) is 172 cm³/mol. The van der Waals surface area contributed by atoms with Crippen LogP contribution in [0.5, 0.6) is 0 Å². The van der Waals surface area contributed by atoms with Gasteiger partial charge in [0.2, 0.25) is 0 Å². The maximum Gasteiger partial charge on any atom is 0.304 e. The van der Waals surface area contributed by atoms with Crippen molar-refractivity contribution >= 4 is 17.6 Å². The minimum Gasteiger partial charge on any atom is -0.481 e. The topological polar surface area (TPSA) is 82.0 Å². The lowest BCUT2D eigenvalue weighted by Crippen LogP contribution is -2.52. The molecule has 0 aromatic carbocycles. The number of aliphatic imine (C=N–C) groups is 1. The molecule has 232 valence electrons. The SMILES string of the molecule is C\C=C/C(=C\C=C\C(C)N1C(=O)C(CC(CC)CCCCCC)=NC12CCC(C(C)C)CC2)C(C)NCCC(=O)O. The zero-order valence-corrected chi connectivity index (χ0v) is 27.1. The third kappa shape index (κ3) is 10.5. The summed E-state index contributed by atoms with van der Waals surface area (Å²) in [6.07, 6.45) is 22.6. The third-order valence-electron chi connectivity index (χ3n) is 9.29. The lowest BCUT2D eigenvalue weighted by Gasteiger charge is -2.44. The average molecular weight is 570 g/mol. The van der Waals surface area contributed by atoms with E-state index in [1.54, 1.807) is 0 Å². The van der Waals surface area contributed by atoms with Gasteiger partial charge < -0.3 is 15.3 Å². The minimum atomic E-state index is -0.801. The molecule has 1 spiro atoms. The van der Waals surface area contributed by atoms with Gasteiger partial charge >= 0.3 is 5.97 Å². The Morgan fingerprint density at radius 2 is 1.85 bits per heavy atom. The van der Waals surface area contributed by atoms with E-state index in [0.717, 1.165) is 49.8 Å². The molecule has 6 heteroatoms. The van der Waals surface area contributed by atoms with Gasteiger partial charge in [0.25, 0.3) is 5.91 Å². The van der Waals surface area contributed by atoms with Crippen LogP contribution >= 0.6 is 0 Å². The fraction of sp³-hybridized carbons (Fsp3) is 0.743. The van der Waals surface area contributed by atoms with Crippen LogP contribution in [-0.2, 0) is 9.59 Å². The minimum absolute atomic E-state index is 0.0230. The maximum atomic E-state index is 14.0. The highest BCUT2D eigenvalue weighted by Gasteiger charge is 2.50. The third-order valence-corrected chi connectivity index (χ3v) is 9.29. The number of amides is 1. The number of carbonyl (C=O) groups is 2. The number of carboxylic acids is 1. The van der Waals surface area contributed by atoms with Crippen molar-refractivity contribution in [3.63, 3.8) is 0 Å². The van der Waals surface area contributed by atoms with Crippen LogP contribution in [0.2, 0.25) is 0 Å². The van der Waals surface area contributed by atoms with Gasteiger partial charge in [0, 0.05) is 12.6 Å². The Labute approximate surface area is 250 Å². The van der Waals surface area contributed by atoms with Crippen molar-refractivity contribution in [2.24, 2.45) is 22.7 Å². The lowest BCUT2D eigenvalue weighted by molar-refractivity contribution is -0.137. The number of allylic oxidation sites excluding steroid dienone is 3. The normalized spacial score (nSPS) is 24.1. The molecular formula is C35H59N3O3. The molecule has 1 heterocycles. The quantitative estimate of drug-likeness (QED) is 0.129. The Morgan fingerprint density at radius 1 is 1.15 bits per heavy atom. The summed E-state index contributed by atoms with van der Waals surface area (Å²) in [4.78, 5) is 32.3. The molecule has 3 unspecified atom stereocenters. The van der Waals surface area contributed by atoms with Crippen molar-refractivity contribution in [1.82, 2.24) is 10.2 Å². The van der Waals surface area contributed by atoms with E-state index >= 15 is 0 Å². The van der Waals surface area contributed by atoms with Gasteiger partial charge in [-0.1, -0.05) is 96.6 Å². The number of carboxylic acid groups (broad SMARTS) is 1. The van der Waals surface area contributed by atoms with Crippen molar-refractivity contribution in [2.45, 2.75) is 143 Å². The second-order valence-electron chi connectivity index (χ2n) is 12.7. The van der Waals surface area contributed by atoms with Crippen molar-refractivity contribution in [2.75, 3.05) is 6.54 Å². The average Bonchev–Trinajstić information content (AvgIpc) is 3.19. The summed E-state index contributed by atoms with van der Waals surface area (Å²) >= 11 is 0. The monoisotopic (exact) mass is 569 g/mol. The fourth-order valence-electron chi connectivity index (χ4n) is 6.55. The highest BCUT2D eigenvalue weighted by Crippen LogP contribution is 2.44. The van der Waals surface area contributed by atoms with Crippen LogP contribution in [0.1, 0.15) is 126 Å². The molecule has 1 saturated carbocycles. The molecule has 2 aliphatic rings. The second kappa shape index (κ2) is 17.7. The highest BCUT2D eigenvalue weighted by atomic mass is 16.4. The van der Waals surface area contributed by atoms with Gasteiger partial charge in [-0.15, -0.1) is 0 Å². The summed E-state index contributed by atoms with van der Waals surface area (Å²) in [5, 5.41) is 12.3. The largest absolute Gasteiger partial charge is 0.481 e. The van der Waals surface area contributed by atoms with E-state index in [-0.39, 0.29) is 24.4 Å². The van der Waals surface area contributed by atoms with Crippen LogP contribution in [0, 0.1) is 17.8 Å². The zero-order chi connectivity index (χ0) is 30.4. The number of rotatable bonds is 18. The van der Waals surface area contributed by atoms with E-state index in [4.69, 9.17) is 10.1 Å². The summed E-state index contributed by atoms with van der Waals surface area (Å²) < 4.78 is 0.